The van der Waals surface area contributed by atoms with Crippen molar-refractivity contribution in [1.29, 1.82) is 0 Å². The third-order valence-electron chi connectivity index (χ3n) is 5.25. The number of carbonyl (C=O) groups excluding carboxylic acids is 1. The molecule has 1 atom stereocenters. The molecule has 0 N–H and O–H groups in total. The first-order valence-electron chi connectivity index (χ1n) is 10.1. The van der Waals surface area contributed by atoms with Crippen LogP contribution >= 0.6 is 0 Å². The summed E-state index contributed by atoms with van der Waals surface area (Å²) in [4.78, 5) is 17.3. The van der Waals surface area contributed by atoms with Gasteiger partial charge in [0.2, 0.25) is 0 Å². The van der Waals surface area contributed by atoms with Crippen molar-refractivity contribution in [2.24, 2.45) is 11.8 Å². The van der Waals surface area contributed by atoms with Gasteiger partial charge in [-0.1, -0.05) is 32.0 Å². The van der Waals surface area contributed by atoms with Gasteiger partial charge in [-0.2, -0.15) is 5.10 Å². The van der Waals surface area contributed by atoms with Crippen molar-refractivity contribution in [1.82, 2.24) is 14.7 Å². The molecule has 2 heterocycles. The van der Waals surface area contributed by atoms with Crippen molar-refractivity contribution in [3.8, 4) is 0 Å². The minimum absolute atomic E-state index is 0.0810. The Morgan fingerprint density at radius 2 is 2.04 bits per heavy atom. The Labute approximate surface area is 163 Å². The average Bonchev–Trinajstić information content (AvgIpc) is 3.28. The fourth-order valence-corrected chi connectivity index (χ4v) is 3.92. The molecule has 0 saturated carbocycles. The van der Waals surface area contributed by atoms with Crippen LogP contribution in [0.1, 0.15) is 43.4 Å². The quantitative estimate of drug-likeness (QED) is 0.748. The van der Waals surface area contributed by atoms with Crippen LogP contribution in [0.2, 0.25) is 0 Å². The van der Waals surface area contributed by atoms with Gasteiger partial charge in [-0.05, 0) is 49.8 Å². The van der Waals surface area contributed by atoms with Crippen LogP contribution in [0, 0.1) is 11.8 Å². The summed E-state index contributed by atoms with van der Waals surface area (Å²) in [5, 5.41) is 4.62. The molecule has 5 heteroatoms. The summed E-state index contributed by atoms with van der Waals surface area (Å²) in [5.74, 6) is 1.12. The molecule has 1 aliphatic rings. The monoisotopic (exact) mass is 368 g/mol. The van der Waals surface area contributed by atoms with Crippen molar-refractivity contribution in [3.05, 3.63) is 47.8 Å². The second kappa shape index (κ2) is 8.59. The van der Waals surface area contributed by atoms with Gasteiger partial charge in [0.15, 0.2) is 0 Å². The minimum Gasteiger partial charge on any atom is -0.371 e. The highest BCUT2D eigenvalue weighted by atomic mass is 16.2. The molecule has 1 aromatic carbocycles. The van der Waals surface area contributed by atoms with E-state index in [9.17, 15) is 4.79 Å². The molecule has 1 fully saturated rings. The third kappa shape index (κ3) is 4.71. The normalized spacial score (nSPS) is 16.9. The number of aryl methyl sites for hydroxylation is 1. The van der Waals surface area contributed by atoms with Gasteiger partial charge >= 0.3 is 0 Å². The second-order valence-corrected chi connectivity index (χ2v) is 8.06. The summed E-state index contributed by atoms with van der Waals surface area (Å²) < 4.78 is 1.85. The number of hydrogen-bond donors (Lipinski definition) is 0. The molecule has 1 amide bonds. The van der Waals surface area contributed by atoms with E-state index >= 15 is 0 Å². The highest BCUT2D eigenvalue weighted by molar-refractivity contribution is 5.92. The topological polar surface area (TPSA) is 41.4 Å². The number of para-hydroxylation sites is 1. The molecule has 0 radical (unpaired) electrons. The van der Waals surface area contributed by atoms with Crippen LogP contribution < -0.4 is 4.90 Å². The predicted molar refractivity (Wildman–Crippen MR) is 110 cm³/mol. The van der Waals surface area contributed by atoms with E-state index in [2.05, 4.69) is 48.1 Å². The Bertz CT molecular complexity index is 753. The Morgan fingerprint density at radius 1 is 1.30 bits per heavy atom. The fourth-order valence-electron chi connectivity index (χ4n) is 3.92. The van der Waals surface area contributed by atoms with Gasteiger partial charge in [0, 0.05) is 38.9 Å². The maximum atomic E-state index is 13.0. The number of hydrogen-bond acceptors (Lipinski definition) is 3. The van der Waals surface area contributed by atoms with Gasteiger partial charge in [-0.15, -0.1) is 0 Å². The van der Waals surface area contributed by atoms with Gasteiger partial charge in [-0.3, -0.25) is 9.48 Å². The van der Waals surface area contributed by atoms with Crippen molar-refractivity contribution in [2.45, 2.75) is 40.2 Å². The molecule has 1 aromatic heterocycles. The minimum atomic E-state index is 0.0810. The third-order valence-corrected chi connectivity index (χ3v) is 5.25. The zero-order valence-corrected chi connectivity index (χ0v) is 17.1. The van der Waals surface area contributed by atoms with Crippen LogP contribution in [-0.4, -0.2) is 47.3 Å². The number of benzene rings is 1. The largest absolute Gasteiger partial charge is 0.371 e. The highest BCUT2D eigenvalue weighted by Crippen LogP contribution is 2.24. The van der Waals surface area contributed by atoms with Gasteiger partial charge in [-0.25, -0.2) is 0 Å². The second-order valence-electron chi connectivity index (χ2n) is 8.06. The Morgan fingerprint density at radius 3 is 2.70 bits per heavy atom. The summed E-state index contributed by atoms with van der Waals surface area (Å²) >= 11 is 0. The van der Waals surface area contributed by atoms with Crippen LogP contribution in [0.15, 0.2) is 36.4 Å². The zero-order chi connectivity index (χ0) is 19.4. The lowest BCUT2D eigenvalue weighted by Crippen LogP contribution is -2.34. The van der Waals surface area contributed by atoms with Crippen molar-refractivity contribution < 1.29 is 4.79 Å². The summed E-state index contributed by atoms with van der Waals surface area (Å²) in [6, 6.07) is 12.5. The van der Waals surface area contributed by atoms with Crippen molar-refractivity contribution in [3.63, 3.8) is 0 Å². The van der Waals surface area contributed by atoms with E-state index in [1.54, 1.807) is 0 Å². The Balaban J connectivity index is 1.62. The summed E-state index contributed by atoms with van der Waals surface area (Å²) in [5.41, 5.74) is 3.00. The molecule has 0 aliphatic carbocycles. The van der Waals surface area contributed by atoms with Gasteiger partial charge < -0.3 is 9.80 Å². The van der Waals surface area contributed by atoms with Crippen LogP contribution in [0.25, 0.3) is 0 Å². The zero-order valence-electron chi connectivity index (χ0n) is 17.1. The first-order valence-corrected chi connectivity index (χ1v) is 10.1. The predicted octanol–water partition coefficient (Wildman–Crippen LogP) is 3.70. The maximum Gasteiger partial charge on any atom is 0.271 e. The standard InChI is InChI=1S/C22H32N4O/c1-5-26-21(14-19(23-26)13-17(2)3)22(27)24(4)15-18-11-12-25(16-18)20-9-7-6-8-10-20/h6-10,14,17-18H,5,11-13,15-16H2,1-4H3. The highest BCUT2D eigenvalue weighted by Gasteiger charge is 2.26. The SMILES string of the molecule is CCn1nc(CC(C)C)cc1C(=O)N(C)CC1CCN(c2ccccc2)C1. The lowest BCUT2D eigenvalue weighted by Gasteiger charge is -2.22. The van der Waals surface area contributed by atoms with Gasteiger partial charge in [0.25, 0.3) is 5.91 Å². The molecular formula is C22H32N4O. The first-order chi connectivity index (χ1) is 13.0. The molecule has 0 spiro atoms. The number of amides is 1. The molecule has 146 valence electrons. The molecule has 1 unspecified atom stereocenters. The number of aromatic nitrogens is 2. The van der Waals surface area contributed by atoms with E-state index in [4.69, 9.17) is 0 Å². The summed E-state index contributed by atoms with van der Waals surface area (Å²) in [6.07, 6.45) is 2.03. The van der Waals surface area contributed by atoms with E-state index in [-0.39, 0.29) is 5.91 Å². The molecule has 2 aromatic rings. The van der Waals surface area contributed by atoms with E-state index in [0.717, 1.165) is 44.7 Å². The van der Waals surface area contributed by atoms with Gasteiger partial charge in [0.1, 0.15) is 5.69 Å². The molecule has 1 aliphatic heterocycles. The molecule has 0 bridgehead atoms. The molecule has 5 nitrogen and oxygen atoms in total. The summed E-state index contributed by atoms with van der Waals surface area (Å²) in [7, 11) is 1.92. The van der Waals surface area contributed by atoms with E-state index in [1.165, 1.54) is 5.69 Å². The maximum absolute atomic E-state index is 13.0. The van der Waals surface area contributed by atoms with Crippen molar-refractivity contribution in [2.75, 3.05) is 31.6 Å². The molecule has 1 saturated heterocycles. The van der Waals surface area contributed by atoms with Crippen LogP contribution in [-0.2, 0) is 13.0 Å². The Hall–Kier alpha value is -2.30. The van der Waals surface area contributed by atoms with E-state index < -0.39 is 0 Å². The fraction of sp³-hybridized carbons (Fsp3) is 0.545. The van der Waals surface area contributed by atoms with Crippen LogP contribution in [0.4, 0.5) is 5.69 Å². The van der Waals surface area contributed by atoms with Crippen LogP contribution in [0.5, 0.6) is 0 Å². The lowest BCUT2D eigenvalue weighted by molar-refractivity contribution is 0.0764. The Kier molecular flexibility index (Phi) is 6.19. The average molecular weight is 369 g/mol. The smallest absolute Gasteiger partial charge is 0.271 e. The first kappa shape index (κ1) is 19.5. The molecule has 27 heavy (non-hydrogen) atoms. The van der Waals surface area contributed by atoms with E-state index in [0.29, 0.717) is 17.5 Å². The van der Waals surface area contributed by atoms with Gasteiger partial charge in [0.05, 0.1) is 5.69 Å². The van der Waals surface area contributed by atoms with E-state index in [1.807, 2.05) is 35.7 Å². The van der Waals surface area contributed by atoms with Crippen LogP contribution in [0.3, 0.4) is 0 Å². The number of rotatable bonds is 7. The van der Waals surface area contributed by atoms with Crippen molar-refractivity contribution >= 4 is 11.6 Å². The lowest BCUT2D eigenvalue weighted by atomic mass is 10.1. The number of carbonyl (C=O) groups is 1. The molecule has 3 rings (SSSR count). The number of nitrogens with zero attached hydrogens (tertiary/aromatic N) is 4. The summed E-state index contributed by atoms with van der Waals surface area (Å²) in [6.45, 7) is 9.97. The molecular weight excluding hydrogens is 336 g/mol. The number of anilines is 1.